The van der Waals surface area contributed by atoms with Crippen LogP contribution in [0, 0.1) is 6.92 Å². The fraction of sp³-hybridized carbons (Fsp3) is 0.263. The van der Waals surface area contributed by atoms with Crippen molar-refractivity contribution in [3.05, 3.63) is 53.6 Å². The maximum Gasteiger partial charge on any atom is 0.262 e. The standard InChI is InChI=1S/C19H21N5O2/c1-11-18(12(2)20-4)22-10-23-19(11)13(3)21-8-14-5-6-16-15(7-14)24-17(25)9-26-16/h5-7,10,21H,3,8-9H2,1-2,4H3,(H,24,25). The number of aromatic nitrogens is 2. The van der Waals surface area contributed by atoms with Crippen molar-refractivity contribution in [3.63, 3.8) is 0 Å². The first-order valence-electron chi connectivity index (χ1n) is 8.23. The minimum absolute atomic E-state index is 0.0528. The van der Waals surface area contributed by atoms with Gasteiger partial charge in [-0.25, -0.2) is 9.97 Å². The van der Waals surface area contributed by atoms with Crippen molar-refractivity contribution in [2.24, 2.45) is 4.99 Å². The summed E-state index contributed by atoms with van der Waals surface area (Å²) in [7, 11) is 1.74. The maximum absolute atomic E-state index is 11.4. The van der Waals surface area contributed by atoms with Crippen molar-refractivity contribution >= 4 is 23.0 Å². The molecule has 134 valence electrons. The van der Waals surface area contributed by atoms with Crippen molar-refractivity contribution in [3.8, 4) is 5.75 Å². The molecule has 0 radical (unpaired) electrons. The third-order valence-corrected chi connectivity index (χ3v) is 4.23. The van der Waals surface area contributed by atoms with Gasteiger partial charge in [0.05, 0.1) is 28.5 Å². The van der Waals surface area contributed by atoms with E-state index in [9.17, 15) is 4.79 Å². The van der Waals surface area contributed by atoms with Crippen LogP contribution in [0.4, 0.5) is 5.69 Å². The van der Waals surface area contributed by atoms with Gasteiger partial charge in [-0.3, -0.25) is 9.79 Å². The van der Waals surface area contributed by atoms with Gasteiger partial charge in [-0.2, -0.15) is 0 Å². The van der Waals surface area contributed by atoms with Gasteiger partial charge in [-0.1, -0.05) is 12.6 Å². The predicted octanol–water partition coefficient (Wildman–Crippen LogP) is 2.32. The summed E-state index contributed by atoms with van der Waals surface area (Å²) in [5.41, 5.74) is 5.73. The molecule has 1 aliphatic heterocycles. The Balaban J connectivity index is 1.74. The number of anilines is 1. The SMILES string of the molecule is C=C(NCc1ccc2c(c1)NC(=O)CO2)c1ncnc(C(C)=NC)c1C. The average Bonchev–Trinajstić information content (AvgIpc) is 2.65. The van der Waals surface area contributed by atoms with Crippen LogP contribution in [0.1, 0.15) is 29.4 Å². The second-order valence-corrected chi connectivity index (χ2v) is 6.00. The van der Waals surface area contributed by atoms with Crippen LogP contribution >= 0.6 is 0 Å². The Morgan fingerprint density at radius 2 is 2.15 bits per heavy atom. The number of hydrogen-bond donors (Lipinski definition) is 2. The third kappa shape index (κ3) is 3.56. The van der Waals surface area contributed by atoms with Crippen LogP contribution < -0.4 is 15.4 Å². The smallest absolute Gasteiger partial charge is 0.262 e. The minimum Gasteiger partial charge on any atom is -0.482 e. The number of fused-ring (bicyclic) bond motifs is 1. The summed E-state index contributed by atoms with van der Waals surface area (Å²) in [6.07, 6.45) is 1.52. The van der Waals surface area contributed by atoms with Crippen LogP contribution in [0.15, 0.2) is 36.1 Å². The molecule has 0 atom stereocenters. The van der Waals surface area contributed by atoms with E-state index in [4.69, 9.17) is 4.74 Å². The fourth-order valence-corrected chi connectivity index (χ4v) is 2.76. The molecule has 0 saturated heterocycles. The molecule has 0 spiro atoms. The molecular weight excluding hydrogens is 330 g/mol. The number of nitrogens with one attached hydrogen (secondary N) is 2. The number of carbonyl (C=O) groups is 1. The van der Waals surface area contributed by atoms with Gasteiger partial charge in [0.25, 0.3) is 5.91 Å². The van der Waals surface area contributed by atoms with Gasteiger partial charge in [0.2, 0.25) is 0 Å². The molecule has 1 amide bonds. The van der Waals surface area contributed by atoms with Gasteiger partial charge in [-0.15, -0.1) is 0 Å². The van der Waals surface area contributed by atoms with E-state index in [2.05, 4.69) is 32.2 Å². The number of benzene rings is 1. The van der Waals surface area contributed by atoms with Gasteiger partial charge < -0.3 is 15.4 Å². The van der Waals surface area contributed by atoms with Crippen molar-refractivity contribution in [1.29, 1.82) is 0 Å². The molecule has 0 bridgehead atoms. The molecule has 0 aliphatic carbocycles. The molecule has 3 rings (SSSR count). The molecule has 7 nitrogen and oxygen atoms in total. The number of hydrogen-bond acceptors (Lipinski definition) is 6. The largest absolute Gasteiger partial charge is 0.482 e. The normalized spacial score (nSPS) is 13.5. The first-order valence-corrected chi connectivity index (χ1v) is 8.23. The average molecular weight is 351 g/mol. The Hall–Kier alpha value is -3.22. The molecule has 2 N–H and O–H groups in total. The zero-order valence-corrected chi connectivity index (χ0v) is 15.1. The zero-order chi connectivity index (χ0) is 18.7. The predicted molar refractivity (Wildman–Crippen MR) is 101 cm³/mol. The third-order valence-electron chi connectivity index (χ3n) is 4.23. The van der Waals surface area contributed by atoms with E-state index in [0.29, 0.717) is 23.7 Å². The first-order chi connectivity index (χ1) is 12.5. The molecule has 7 heteroatoms. The first kappa shape index (κ1) is 17.6. The van der Waals surface area contributed by atoms with Crippen molar-refractivity contribution in [2.75, 3.05) is 19.0 Å². The maximum atomic E-state index is 11.4. The van der Waals surface area contributed by atoms with E-state index in [0.717, 1.165) is 28.2 Å². The molecule has 1 aromatic carbocycles. The number of rotatable bonds is 5. The topological polar surface area (TPSA) is 88.5 Å². The summed E-state index contributed by atoms with van der Waals surface area (Å²) in [5.74, 6) is 0.530. The summed E-state index contributed by atoms with van der Waals surface area (Å²) < 4.78 is 5.37. The number of ether oxygens (including phenoxy) is 1. The minimum atomic E-state index is -0.149. The molecule has 2 heterocycles. The lowest BCUT2D eigenvalue weighted by Gasteiger charge is -2.19. The second kappa shape index (κ2) is 7.35. The Morgan fingerprint density at radius 1 is 1.38 bits per heavy atom. The van der Waals surface area contributed by atoms with Crippen molar-refractivity contribution < 1.29 is 9.53 Å². The lowest BCUT2D eigenvalue weighted by molar-refractivity contribution is -0.118. The lowest BCUT2D eigenvalue weighted by atomic mass is 10.1. The fourth-order valence-electron chi connectivity index (χ4n) is 2.76. The Morgan fingerprint density at radius 3 is 2.92 bits per heavy atom. The Labute approximate surface area is 152 Å². The Kier molecular flexibility index (Phi) is 4.97. The van der Waals surface area contributed by atoms with Crippen LogP contribution in [0.2, 0.25) is 0 Å². The zero-order valence-electron chi connectivity index (χ0n) is 15.1. The molecular formula is C19H21N5O2. The molecule has 2 aromatic rings. The van der Waals surface area contributed by atoms with Crippen LogP contribution in [-0.2, 0) is 11.3 Å². The van der Waals surface area contributed by atoms with Crippen molar-refractivity contribution in [2.45, 2.75) is 20.4 Å². The van der Waals surface area contributed by atoms with E-state index < -0.39 is 0 Å². The highest BCUT2D eigenvalue weighted by molar-refractivity contribution is 5.98. The van der Waals surface area contributed by atoms with Crippen molar-refractivity contribution in [1.82, 2.24) is 15.3 Å². The van der Waals surface area contributed by atoms with Gasteiger partial charge >= 0.3 is 0 Å². The molecule has 0 saturated carbocycles. The monoisotopic (exact) mass is 351 g/mol. The summed E-state index contributed by atoms with van der Waals surface area (Å²) in [6.45, 7) is 8.56. The molecule has 26 heavy (non-hydrogen) atoms. The highest BCUT2D eigenvalue weighted by Crippen LogP contribution is 2.28. The summed E-state index contributed by atoms with van der Waals surface area (Å²) in [6, 6.07) is 5.69. The molecule has 0 unspecified atom stereocenters. The second-order valence-electron chi connectivity index (χ2n) is 6.00. The summed E-state index contributed by atoms with van der Waals surface area (Å²) >= 11 is 0. The van der Waals surface area contributed by atoms with Gasteiger partial charge in [0.15, 0.2) is 6.61 Å². The number of carbonyl (C=O) groups excluding carboxylic acids is 1. The lowest BCUT2D eigenvalue weighted by Crippen LogP contribution is -2.25. The van der Waals surface area contributed by atoms with Gasteiger partial charge in [0.1, 0.15) is 12.1 Å². The molecule has 1 aliphatic rings. The van der Waals surface area contributed by atoms with Crippen LogP contribution in [-0.4, -0.2) is 35.2 Å². The molecule has 1 aromatic heterocycles. The van der Waals surface area contributed by atoms with E-state index in [1.807, 2.05) is 32.0 Å². The number of aliphatic imine (C=N–C) groups is 1. The number of nitrogens with zero attached hydrogens (tertiary/aromatic N) is 3. The van der Waals surface area contributed by atoms with Gasteiger partial charge in [0, 0.05) is 19.2 Å². The summed E-state index contributed by atoms with van der Waals surface area (Å²) in [4.78, 5) is 24.3. The highest BCUT2D eigenvalue weighted by Gasteiger charge is 2.16. The highest BCUT2D eigenvalue weighted by atomic mass is 16.5. The van der Waals surface area contributed by atoms with E-state index in [-0.39, 0.29) is 12.5 Å². The van der Waals surface area contributed by atoms with E-state index in [1.165, 1.54) is 6.33 Å². The number of amides is 1. The quantitative estimate of drug-likeness (QED) is 0.807. The van der Waals surface area contributed by atoms with Crippen LogP contribution in [0.25, 0.3) is 5.70 Å². The molecule has 0 fully saturated rings. The van der Waals surface area contributed by atoms with E-state index in [1.54, 1.807) is 7.05 Å². The van der Waals surface area contributed by atoms with Crippen LogP contribution in [0.5, 0.6) is 5.75 Å². The van der Waals surface area contributed by atoms with Crippen LogP contribution in [0.3, 0.4) is 0 Å². The summed E-state index contributed by atoms with van der Waals surface area (Å²) in [5, 5.41) is 6.09. The Bertz CT molecular complexity index is 905. The van der Waals surface area contributed by atoms with E-state index >= 15 is 0 Å². The van der Waals surface area contributed by atoms with Gasteiger partial charge in [-0.05, 0) is 31.5 Å².